The van der Waals surface area contributed by atoms with Crippen LogP contribution < -0.4 is 0 Å². The van der Waals surface area contributed by atoms with E-state index in [1.807, 2.05) is 0 Å². The number of aliphatic carboxylic acids is 2. The van der Waals surface area contributed by atoms with Crippen LogP contribution in [0.2, 0.25) is 0 Å². The van der Waals surface area contributed by atoms with Crippen LogP contribution in [-0.4, -0.2) is 53.7 Å². The zero-order valence-corrected chi connectivity index (χ0v) is 11.2. The topological polar surface area (TPSA) is 112 Å². The number of hydrogen-bond acceptors (Lipinski definition) is 5. The van der Waals surface area contributed by atoms with E-state index in [1.54, 1.807) is 0 Å². The number of carboxylic acid groups (broad SMARTS) is 2. The Bertz CT molecular complexity index is 533. The fourth-order valence-electron chi connectivity index (χ4n) is 3.63. The summed E-state index contributed by atoms with van der Waals surface area (Å²) in [6, 6.07) is 0. The Morgan fingerprint density at radius 1 is 1.24 bits per heavy atom. The molecule has 0 aromatic heterocycles. The van der Waals surface area contributed by atoms with Crippen LogP contribution >= 0.6 is 0 Å². The molecule has 0 aromatic carbocycles. The van der Waals surface area contributed by atoms with Gasteiger partial charge in [0.05, 0.1) is 31.3 Å². The number of hydrogen-bond donors (Lipinski definition) is 2. The Morgan fingerprint density at radius 2 is 1.90 bits per heavy atom. The van der Waals surface area contributed by atoms with Gasteiger partial charge in [0.25, 0.3) is 0 Å². The molecule has 7 heteroatoms. The molecule has 3 saturated heterocycles. The van der Waals surface area contributed by atoms with Crippen LogP contribution in [0.15, 0.2) is 11.8 Å². The molecule has 1 aliphatic carbocycles. The number of carboxylic acids is 2. The predicted octanol–water partition coefficient (Wildman–Crippen LogP) is 0.248. The Hall–Kier alpha value is -1.60. The molecule has 0 radical (unpaired) electrons. The molecular weight excluding hydrogens is 280 g/mol. The van der Waals surface area contributed by atoms with E-state index < -0.39 is 23.3 Å². The molecule has 3 fully saturated rings. The lowest BCUT2D eigenvalue weighted by atomic mass is 9.62. The highest BCUT2D eigenvalue weighted by molar-refractivity contribution is 5.87. The van der Waals surface area contributed by atoms with Gasteiger partial charge in [0.2, 0.25) is 0 Å². The smallest absolute Gasteiger partial charge is 0.314 e. The lowest BCUT2D eigenvalue weighted by Crippen LogP contribution is -2.49. The Kier molecular flexibility index (Phi) is 2.62. The molecule has 7 nitrogen and oxygen atoms in total. The molecule has 6 atom stereocenters. The maximum absolute atomic E-state index is 11.9. The van der Waals surface area contributed by atoms with Crippen molar-refractivity contribution in [3.63, 3.8) is 0 Å². The van der Waals surface area contributed by atoms with Crippen molar-refractivity contribution in [2.75, 3.05) is 13.2 Å². The van der Waals surface area contributed by atoms with Crippen LogP contribution in [0.5, 0.6) is 0 Å². The van der Waals surface area contributed by atoms with E-state index in [0.717, 1.165) is 0 Å². The van der Waals surface area contributed by atoms with Gasteiger partial charge < -0.3 is 24.4 Å². The highest BCUT2D eigenvalue weighted by atomic mass is 16.6. The lowest BCUT2D eigenvalue weighted by Gasteiger charge is -2.37. The molecule has 0 amide bonds. The number of epoxide rings is 3. The van der Waals surface area contributed by atoms with Crippen molar-refractivity contribution in [1.29, 1.82) is 0 Å². The van der Waals surface area contributed by atoms with Crippen molar-refractivity contribution < 1.29 is 34.0 Å². The van der Waals surface area contributed by atoms with E-state index in [9.17, 15) is 19.8 Å². The average Bonchev–Trinajstić information content (AvgIpc) is 3.23. The van der Waals surface area contributed by atoms with E-state index in [2.05, 4.69) is 0 Å². The first-order valence-electron chi connectivity index (χ1n) is 7.10. The van der Waals surface area contributed by atoms with E-state index in [1.165, 1.54) is 6.08 Å². The highest BCUT2D eigenvalue weighted by Gasteiger charge is 2.64. The van der Waals surface area contributed by atoms with Gasteiger partial charge >= 0.3 is 11.9 Å². The number of ether oxygens (including phenoxy) is 3. The summed E-state index contributed by atoms with van der Waals surface area (Å²) in [5.74, 6) is -2.96. The normalized spacial score (nSPS) is 45.9. The Morgan fingerprint density at radius 3 is 2.43 bits per heavy atom. The van der Waals surface area contributed by atoms with Crippen LogP contribution in [0.1, 0.15) is 12.8 Å². The lowest BCUT2D eigenvalue weighted by molar-refractivity contribution is -0.163. The van der Waals surface area contributed by atoms with Crippen molar-refractivity contribution in [3.8, 4) is 0 Å². The number of rotatable bonds is 6. The summed E-state index contributed by atoms with van der Waals surface area (Å²) < 4.78 is 15.8. The van der Waals surface area contributed by atoms with Crippen molar-refractivity contribution in [2.24, 2.45) is 17.3 Å². The van der Waals surface area contributed by atoms with E-state index in [4.69, 9.17) is 14.2 Å². The van der Waals surface area contributed by atoms with Gasteiger partial charge in [-0.05, 0) is 18.9 Å². The van der Waals surface area contributed by atoms with Crippen LogP contribution in [0.3, 0.4) is 0 Å². The minimum atomic E-state index is -1.45. The van der Waals surface area contributed by atoms with Gasteiger partial charge in [0.1, 0.15) is 11.2 Å². The van der Waals surface area contributed by atoms with Crippen LogP contribution in [0.25, 0.3) is 0 Å². The summed E-state index contributed by atoms with van der Waals surface area (Å²) in [4.78, 5) is 23.7. The summed E-state index contributed by atoms with van der Waals surface area (Å²) in [7, 11) is 0. The maximum Gasteiger partial charge on any atom is 0.314 e. The van der Waals surface area contributed by atoms with Crippen molar-refractivity contribution in [3.05, 3.63) is 11.8 Å². The minimum Gasteiger partial charge on any atom is -0.483 e. The quantitative estimate of drug-likeness (QED) is 0.675. The third kappa shape index (κ3) is 2.11. The second kappa shape index (κ2) is 4.20. The third-order valence-corrected chi connectivity index (χ3v) is 4.83. The zero-order chi connectivity index (χ0) is 14.8. The first kappa shape index (κ1) is 13.1. The molecule has 6 unspecified atom stereocenters. The fourth-order valence-corrected chi connectivity index (χ4v) is 3.63. The molecule has 4 rings (SSSR count). The molecule has 0 bridgehead atoms. The zero-order valence-electron chi connectivity index (χ0n) is 11.2. The van der Waals surface area contributed by atoms with Gasteiger partial charge in [-0.15, -0.1) is 0 Å². The first-order valence-corrected chi connectivity index (χ1v) is 7.10. The predicted molar refractivity (Wildman–Crippen MR) is 66.4 cm³/mol. The van der Waals surface area contributed by atoms with Crippen molar-refractivity contribution in [2.45, 2.75) is 31.2 Å². The molecule has 3 heterocycles. The van der Waals surface area contributed by atoms with Gasteiger partial charge in [0, 0.05) is 5.92 Å². The van der Waals surface area contributed by atoms with Gasteiger partial charge in [-0.25, -0.2) is 0 Å². The molecule has 2 N–H and O–H groups in total. The summed E-state index contributed by atoms with van der Waals surface area (Å²) in [5.41, 5.74) is -1.45. The average molecular weight is 296 g/mol. The van der Waals surface area contributed by atoms with Crippen molar-refractivity contribution in [1.82, 2.24) is 0 Å². The molecule has 114 valence electrons. The summed E-state index contributed by atoms with van der Waals surface area (Å²) in [6.07, 6.45) is 1.81. The number of carbonyl (C=O) groups is 2. The number of fused-ring (bicyclic) bond motifs is 1. The third-order valence-electron chi connectivity index (χ3n) is 4.83. The van der Waals surface area contributed by atoms with Crippen LogP contribution in [0, 0.1) is 17.3 Å². The molecule has 0 saturated carbocycles. The minimum absolute atomic E-state index is 0.0315. The molecule has 3 aliphatic heterocycles. The summed E-state index contributed by atoms with van der Waals surface area (Å²) >= 11 is 0. The Labute approximate surface area is 120 Å². The van der Waals surface area contributed by atoms with Gasteiger partial charge in [-0.3, -0.25) is 9.59 Å². The second-order valence-electron chi connectivity index (χ2n) is 6.26. The van der Waals surface area contributed by atoms with E-state index in [-0.39, 0.29) is 30.7 Å². The molecule has 4 aliphatic rings. The molecule has 0 spiro atoms. The second-order valence-corrected chi connectivity index (χ2v) is 6.26. The maximum atomic E-state index is 11.9. The largest absolute Gasteiger partial charge is 0.483 e. The standard InChI is InChI=1S/C14H16O7/c15-12(16)10-8(1-6-4-19-6)11-9(21-11)3-14(10,13(17)18)2-7-5-20-7/h3,6-8,10-11H,1-2,4-5H2,(H,15,16)(H,17,18). The summed E-state index contributed by atoms with van der Waals surface area (Å²) in [6.45, 7) is 1.10. The van der Waals surface area contributed by atoms with Gasteiger partial charge in [-0.1, -0.05) is 0 Å². The first-order chi connectivity index (χ1) is 10.0. The summed E-state index contributed by atoms with van der Waals surface area (Å²) in [5, 5.41) is 19.4. The highest BCUT2D eigenvalue weighted by Crippen LogP contribution is 2.56. The van der Waals surface area contributed by atoms with Gasteiger partial charge in [0.15, 0.2) is 6.10 Å². The van der Waals surface area contributed by atoms with Crippen LogP contribution in [0.4, 0.5) is 0 Å². The van der Waals surface area contributed by atoms with Crippen LogP contribution in [-0.2, 0) is 23.8 Å². The van der Waals surface area contributed by atoms with E-state index >= 15 is 0 Å². The van der Waals surface area contributed by atoms with Gasteiger partial charge in [-0.2, -0.15) is 0 Å². The molecule has 21 heavy (non-hydrogen) atoms. The molecule has 0 aromatic rings. The fraction of sp³-hybridized carbons (Fsp3) is 0.714. The van der Waals surface area contributed by atoms with E-state index in [0.29, 0.717) is 25.4 Å². The molecular formula is C14H16O7. The SMILES string of the molecule is O=C(O)C1C(CC2CO2)C2OC2=CC1(CC1CO1)C(=O)O. The Balaban J connectivity index is 1.72. The van der Waals surface area contributed by atoms with Crippen molar-refractivity contribution >= 4 is 11.9 Å². The monoisotopic (exact) mass is 296 g/mol.